The van der Waals surface area contributed by atoms with E-state index in [-0.39, 0.29) is 0 Å². The molecule has 0 N–H and O–H groups in total. The lowest BCUT2D eigenvalue weighted by Gasteiger charge is -2.19. The van der Waals surface area contributed by atoms with E-state index in [1.54, 1.807) is 0 Å². The topological polar surface area (TPSA) is 42.4 Å². The average molecular weight is 636 g/mol. The molecule has 0 bridgehead atoms. The molecule has 2 heterocycles. The Morgan fingerprint density at radius 3 is 1.72 bits per heavy atom. The number of hydrogen-bond donors (Lipinski definition) is 0. The van der Waals surface area contributed by atoms with E-state index >= 15 is 0 Å². The summed E-state index contributed by atoms with van der Waals surface area (Å²) in [6, 6.07) is 53.1. The van der Waals surface area contributed by atoms with E-state index < -0.39 is 0 Å². The summed E-state index contributed by atoms with van der Waals surface area (Å²) in [5.41, 5.74) is 11.1. The lowest BCUT2D eigenvalue weighted by Crippen LogP contribution is -1.99. The van der Waals surface area contributed by atoms with Crippen LogP contribution in [0.3, 0.4) is 0 Å². The molecule has 5 heteroatoms. The van der Waals surface area contributed by atoms with Crippen molar-refractivity contribution in [1.82, 2.24) is 9.13 Å². The summed E-state index contributed by atoms with van der Waals surface area (Å²) >= 11 is 0. The van der Waals surface area contributed by atoms with Gasteiger partial charge in [0.15, 0.2) is 5.69 Å². The second kappa shape index (κ2) is 11.4. The van der Waals surface area contributed by atoms with Crippen LogP contribution < -0.4 is 0 Å². The number of hydrogen-bond acceptors (Lipinski definition) is 1. The molecule has 0 atom stereocenters. The van der Waals surface area contributed by atoms with Crippen LogP contribution in [0.25, 0.3) is 86.9 Å². The number of benzene rings is 7. The first-order chi connectivity index (χ1) is 24.7. The van der Waals surface area contributed by atoms with Crippen LogP contribution in [0.15, 0.2) is 152 Å². The molecular formula is C45H25N5. The fraction of sp³-hybridized carbons (Fsp3) is 0. The van der Waals surface area contributed by atoms with Gasteiger partial charge in [-0.3, -0.25) is 0 Å². The summed E-state index contributed by atoms with van der Waals surface area (Å²) in [7, 11) is 0. The highest BCUT2D eigenvalue weighted by atomic mass is 15.0. The zero-order valence-corrected chi connectivity index (χ0v) is 26.7. The fourth-order valence-corrected chi connectivity index (χ4v) is 7.47. The molecule has 230 valence electrons. The first-order valence-corrected chi connectivity index (χ1v) is 16.2. The molecule has 0 radical (unpaired) electrons. The smallest absolute Gasteiger partial charge is 0.211 e. The van der Waals surface area contributed by atoms with Crippen LogP contribution in [0.2, 0.25) is 0 Å². The van der Waals surface area contributed by atoms with Gasteiger partial charge in [0.05, 0.1) is 52.5 Å². The van der Waals surface area contributed by atoms with Gasteiger partial charge in [-0.1, -0.05) is 97.1 Å². The molecule has 5 nitrogen and oxygen atoms in total. The van der Waals surface area contributed by atoms with E-state index in [1.807, 2.05) is 78.9 Å². The van der Waals surface area contributed by atoms with Gasteiger partial charge in [0.25, 0.3) is 0 Å². The van der Waals surface area contributed by atoms with Crippen molar-refractivity contribution >= 4 is 55.0 Å². The average Bonchev–Trinajstić information content (AvgIpc) is 3.69. The molecule has 9 rings (SSSR count). The lowest BCUT2D eigenvalue weighted by atomic mass is 9.92. The predicted octanol–water partition coefficient (Wildman–Crippen LogP) is 12.2. The molecule has 50 heavy (non-hydrogen) atoms. The van der Waals surface area contributed by atoms with Crippen molar-refractivity contribution < 1.29 is 0 Å². The van der Waals surface area contributed by atoms with Gasteiger partial charge in [-0.15, -0.1) is 0 Å². The van der Waals surface area contributed by atoms with E-state index in [0.29, 0.717) is 16.9 Å². The number of para-hydroxylation sites is 4. The van der Waals surface area contributed by atoms with E-state index in [2.05, 4.69) is 97.7 Å². The second-order valence-electron chi connectivity index (χ2n) is 12.2. The number of aromatic nitrogens is 2. The van der Waals surface area contributed by atoms with Gasteiger partial charge in [0.1, 0.15) is 0 Å². The third kappa shape index (κ3) is 4.31. The van der Waals surface area contributed by atoms with Crippen molar-refractivity contribution in [2.45, 2.75) is 0 Å². The number of nitriles is 1. The van der Waals surface area contributed by atoms with Crippen LogP contribution in [0, 0.1) is 24.5 Å². The second-order valence-corrected chi connectivity index (χ2v) is 12.2. The molecule has 2 aromatic heterocycles. The summed E-state index contributed by atoms with van der Waals surface area (Å²) in [4.78, 5) is 7.96. The molecule has 0 amide bonds. The molecule has 0 saturated carbocycles. The van der Waals surface area contributed by atoms with Gasteiger partial charge >= 0.3 is 0 Å². The zero-order chi connectivity index (χ0) is 33.8. The number of rotatable bonds is 4. The Hall–Kier alpha value is -7.39. The minimum atomic E-state index is 0.518. The molecule has 0 aliphatic carbocycles. The van der Waals surface area contributed by atoms with Crippen molar-refractivity contribution in [1.29, 1.82) is 5.26 Å². The maximum atomic E-state index is 9.65. The Balaban J connectivity index is 1.32. The van der Waals surface area contributed by atoms with Crippen molar-refractivity contribution in [3.8, 4) is 39.7 Å². The third-order valence-electron chi connectivity index (χ3n) is 9.56. The normalized spacial score (nSPS) is 11.1. The van der Waals surface area contributed by atoms with Gasteiger partial charge in [0, 0.05) is 27.2 Å². The molecule has 9 aromatic rings. The Morgan fingerprint density at radius 2 is 1.06 bits per heavy atom. The molecular weight excluding hydrogens is 611 g/mol. The Bertz CT molecular complexity index is 2920. The Kier molecular flexibility index (Phi) is 6.56. The largest absolute Gasteiger partial charge is 0.318 e. The fourth-order valence-electron chi connectivity index (χ4n) is 7.47. The van der Waals surface area contributed by atoms with Crippen molar-refractivity contribution in [3.63, 3.8) is 0 Å². The van der Waals surface area contributed by atoms with Gasteiger partial charge in [-0.05, 0) is 76.9 Å². The first kappa shape index (κ1) is 28.8. The van der Waals surface area contributed by atoms with Crippen LogP contribution in [0.5, 0.6) is 0 Å². The van der Waals surface area contributed by atoms with Crippen LogP contribution in [0.4, 0.5) is 11.4 Å². The zero-order valence-electron chi connectivity index (χ0n) is 26.7. The summed E-state index contributed by atoms with van der Waals surface area (Å²) in [5.74, 6) is 0. The lowest BCUT2D eigenvalue weighted by molar-refractivity contribution is 1.18. The van der Waals surface area contributed by atoms with Crippen LogP contribution >= 0.6 is 0 Å². The van der Waals surface area contributed by atoms with Gasteiger partial charge in [-0.25, -0.2) is 9.69 Å². The van der Waals surface area contributed by atoms with E-state index in [0.717, 1.165) is 77.2 Å². The van der Waals surface area contributed by atoms with Gasteiger partial charge in [0.2, 0.25) is 5.69 Å². The van der Waals surface area contributed by atoms with Crippen molar-refractivity contribution in [2.75, 3.05) is 0 Å². The summed E-state index contributed by atoms with van der Waals surface area (Å²) < 4.78 is 4.40. The van der Waals surface area contributed by atoms with Crippen LogP contribution in [0.1, 0.15) is 5.56 Å². The van der Waals surface area contributed by atoms with Crippen molar-refractivity contribution in [2.24, 2.45) is 0 Å². The highest BCUT2D eigenvalue weighted by molar-refractivity contribution is 6.11. The summed E-state index contributed by atoms with van der Waals surface area (Å²) in [6.07, 6.45) is 0. The molecule has 0 spiro atoms. The molecule has 0 fully saturated rings. The predicted molar refractivity (Wildman–Crippen MR) is 203 cm³/mol. The quantitative estimate of drug-likeness (QED) is 0.177. The molecule has 0 saturated heterocycles. The molecule has 7 aromatic carbocycles. The number of nitrogens with zero attached hydrogens (tertiary/aromatic N) is 5. The van der Waals surface area contributed by atoms with Gasteiger partial charge < -0.3 is 9.13 Å². The Labute approximate surface area is 288 Å². The minimum Gasteiger partial charge on any atom is -0.318 e. The van der Waals surface area contributed by atoms with Crippen LogP contribution in [-0.2, 0) is 0 Å². The summed E-state index contributed by atoms with van der Waals surface area (Å²) in [5, 5.41) is 13.9. The van der Waals surface area contributed by atoms with Gasteiger partial charge in [-0.2, -0.15) is 5.26 Å². The van der Waals surface area contributed by atoms with E-state index in [4.69, 9.17) is 13.1 Å². The number of fused-ring (bicyclic) bond motifs is 6. The maximum absolute atomic E-state index is 9.65. The SMILES string of the molecule is [C-]#[N+]c1cc(-c2ccccc2-c2cccc([N+]#[C-])c2-n2c3ccccc3c3ccccc32)cc(-n2c3ccccc3c3cc(C#N)ccc32)c1. The molecule has 0 aliphatic rings. The van der Waals surface area contributed by atoms with Crippen LogP contribution in [-0.4, -0.2) is 9.13 Å². The standard InChI is InChI=1S/C45H25N5/c1-47-31-25-30(26-32(27-31)49-41-19-8-7-16-37(41)39-24-29(28-46)22-23-44(39)49)33-12-3-4-13-34(33)38-17-11-18-40(48-2)45(38)50-42-20-9-5-14-35(42)36-15-6-10-21-43(36)50/h3-27H. The van der Waals surface area contributed by atoms with E-state index in [1.165, 1.54) is 0 Å². The Morgan fingerprint density at radius 1 is 0.480 bits per heavy atom. The van der Waals surface area contributed by atoms with E-state index in [9.17, 15) is 5.26 Å². The third-order valence-corrected chi connectivity index (χ3v) is 9.56. The monoisotopic (exact) mass is 635 g/mol. The van der Waals surface area contributed by atoms with Crippen molar-refractivity contribution in [3.05, 3.63) is 180 Å². The minimum absolute atomic E-state index is 0.518. The summed E-state index contributed by atoms with van der Waals surface area (Å²) in [6.45, 7) is 16.4. The highest BCUT2D eigenvalue weighted by Crippen LogP contribution is 2.44. The maximum Gasteiger partial charge on any atom is 0.211 e. The molecule has 0 unspecified atom stereocenters. The molecule has 0 aliphatic heterocycles. The first-order valence-electron chi connectivity index (χ1n) is 16.2. The highest BCUT2D eigenvalue weighted by Gasteiger charge is 2.21.